The van der Waals surface area contributed by atoms with Gasteiger partial charge in [0.05, 0.1) is 5.92 Å². The first kappa shape index (κ1) is 19.1. The molecule has 4 atom stereocenters. The van der Waals surface area contributed by atoms with Crippen molar-refractivity contribution in [1.29, 1.82) is 0 Å². The van der Waals surface area contributed by atoms with Gasteiger partial charge in [-0.2, -0.15) is 13.2 Å². The summed E-state index contributed by atoms with van der Waals surface area (Å²) in [6, 6.07) is 11.0. The van der Waals surface area contributed by atoms with Crippen LogP contribution in [0.4, 0.5) is 18.9 Å². The number of benzene rings is 2. The Balaban J connectivity index is 1.97. The Labute approximate surface area is 167 Å². The van der Waals surface area contributed by atoms with Gasteiger partial charge in [-0.3, -0.25) is 10.1 Å². The monoisotopic (exact) mass is 452 g/mol. The summed E-state index contributed by atoms with van der Waals surface area (Å²) < 4.78 is 42.6. The van der Waals surface area contributed by atoms with Crippen LogP contribution in [-0.2, 0) is 15.1 Å². The van der Waals surface area contributed by atoms with Crippen LogP contribution in [0.25, 0.3) is 0 Å². The Hall–Kier alpha value is -2.19. The number of anilines is 1. The van der Waals surface area contributed by atoms with E-state index >= 15 is 0 Å². The summed E-state index contributed by atoms with van der Waals surface area (Å²) in [6.45, 7) is 0. The molecule has 2 aliphatic heterocycles. The first-order valence-corrected chi connectivity index (χ1v) is 9.44. The molecule has 1 N–H and O–H groups in total. The molecule has 4 nitrogen and oxygen atoms in total. The van der Waals surface area contributed by atoms with Gasteiger partial charge >= 0.3 is 6.18 Å². The second-order valence-corrected chi connectivity index (χ2v) is 8.01. The van der Waals surface area contributed by atoms with Gasteiger partial charge in [-0.15, -0.1) is 0 Å². The Kier molecular flexibility index (Phi) is 4.39. The van der Waals surface area contributed by atoms with Crippen LogP contribution in [0.5, 0.6) is 0 Å². The van der Waals surface area contributed by atoms with Crippen LogP contribution in [0.15, 0.2) is 53.0 Å². The smallest absolute Gasteiger partial charge is 0.313 e. The number of alkyl halides is 3. The van der Waals surface area contributed by atoms with Crippen LogP contribution in [0, 0.1) is 5.92 Å². The highest BCUT2D eigenvalue weighted by Crippen LogP contribution is 2.55. The lowest BCUT2D eigenvalue weighted by Gasteiger charge is -2.28. The summed E-state index contributed by atoms with van der Waals surface area (Å²) in [5.74, 6) is -3.00. The fraction of sp³-hybridized carbons (Fsp3) is 0.300. The van der Waals surface area contributed by atoms with Gasteiger partial charge in [-0.05, 0) is 23.8 Å². The van der Waals surface area contributed by atoms with E-state index in [0.717, 1.165) is 0 Å². The van der Waals surface area contributed by atoms with E-state index in [2.05, 4.69) is 21.2 Å². The molecule has 1 saturated heterocycles. The molecule has 146 valence electrons. The van der Waals surface area contributed by atoms with Crippen molar-refractivity contribution in [1.82, 2.24) is 5.32 Å². The van der Waals surface area contributed by atoms with Crippen molar-refractivity contribution in [3.05, 3.63) is 64.1 Å². The van der Waals surface area contributed by atoms with E-state index in [0.29, 0.717) is 27.6 Å². The Morgan fingerprint density at radius 1 is 1.18 bits per heavy atom. The number of aldehydes is 1. The van der Waals surface area contributed by atoms with E-state index < -0.39 is 35.5 Å². The Morgan fingerprint density at radius 3 is 2.46 bits per heavy atom. The molecule has 28 heavy (non-hydrogen) atoms. The maximum atomic E-state index is 14.0. The third-order valence-corrected chi connectivity index (χ3v) is 6.19. The van der Waals surface area contributed by atoms with Crippen molar-refractivity contribution in [2.45, 2.75) is 23.7 Å². The standard InChI is InChI=1S/C20H16BrF3N2O2/c1-26-15-8-7-12(21)9-13(15)19(18(26)28)14(10-27)16(11-5-3-2-4-6-11)17(25-19)20(22,23)24/h2-10,14,16-17,25H,1H3/t14-,16-,17-,19-/m0/s1. The van der Waals surface area contributed by atoms with Crippen LogP contribution in [0.3, 0.4) is 0 Å². The first-order valence-electron chi connectivity index (χ1n) is 8.64. The number of rotatable bonds is 2. The van der Waals surface area contributed by atoms with Crippen molar-refractivity contribution >= 4 is 33.8 Å². The van der Waals surface area contributed by atoms with E-state index in [-0.39, 0.29) is 0 Å². The Bertz CT molecular complexity index is 950. The molecular weight excluding hydrogens is 437 g/mol. The number of amides is 1. The highest BCUT2D eigenvalue weighted by atomic mass is 79.9. The van der Waals surface area contributed by atoms with Crippen LogP contribution >= 0.6 is 15.9 Å². The molecule has 0 bridgehead atoms. The van der Waals surface area contributed by atoms with Gasteiger partial charge < -0.3 is 9.69 Å². The van der Waals surface area contributed by atoms with Gasteiger partial charge in [-0.1, -0.05) is 46.3 Å². The molecule has 8 heteroatoms. The van der Waals surface area contributed by atoms with Gasteiger partial charge in [0, 0.05) is 28.7 Å². The number of hydrogen-bond acceptors (Lipinski definition) is 3. The van der Waals surface area contributed by atoms with E-state index in [9.17, 15) is 22.8 Å². The summed E-state index contributed by atoms with van der Waals surface area (Å²) in [7, 11) is 1.51. The van der Waals surface area contributed by atoms with Crippen molar-refractivity contribution in [2.24, 2.45) is 5.92 Å². The summed E-state index contributed by atoms with van der Waals surface area (Å²) in [6.07, 6.45) is -4.16. The molecule has 2 aromatic carbocycles. The van der Waals surface area contributed by atoms with E-state index in [4.69, 9.17) is 0 Å². The van der Waals surface area contributed by atoms with Gasteiger partial charge in [-0.25, -0.2) is 0 Å². The maximum Gasteiger partial charge on any atom is 0.404 e. The largest absolute Gasteiger partial charge is 0.404 e. The molecule has 2 aliphatic rings. The van der Waals surface area contributed by atoms with Crippen LogP contribution < -0.4 is 10.2 Å². The quantitative estimate of drug-likeness (QED) is 0.705. The molecule has 1 spiro atoms. The molecule has 0 aliphatic carbocycles. The summed E-state index contributed by atoms with van der Waals surface area (Å²) in [4.78, 5) is 26.7. The molecule has 1 fully saturated rings. The molecular formula is C20H16BrF3N2O2. The number of nitrogens with one attached hydrogen (secondary N) is 1. The van der Waals surface area contributed by atoms with E-state index in [1.807, 2.05) is 0 Å². The van der Waals surface area contributed by atoms with Crippen LogP contribution in [-0.4, -0.2) is 31.5 Å². The highest BCUT2D eigenvalue weighted by Gasteiger charge is 2.68. The summed E-state index contributed by atoms with van der Waals surface area (Å²) in [5.41, 5.74) is -0.539. The third-order valence-electron chi connectivity index (χ3n) is 5.70. The normalized spacial score (nSPS) is 29.4. The minimum atomic E-state index is -4.64. The second-order valence-electron chi connectivity index (χ2n) is 7.10. The average Bonchev–Trinajstić information content (AvgIpc) is 3.12. The summed E-state index contributed by atoms with van der Waals surface area (Å²) in [5, 5.41) is 2.55. The van der Waals surface area contributed by atoms with Crippen LogP contribution in [0.2, 0.25) is 0 Å². The molecule has 2 aromatic rings. The van der Waals surface area contributed by atoms with E-state index in [1.54, 1.807) is 48.5 Å². The van der Waals surface area contributed by atoms with Gasteiger partial charge in [0.1, 0.15) is 17.9 Å². The second kappa shape index (κ2) is 6.42. The topological polar surface area (TPSA) is 49.4 Å². The predicted octanol–water partition coefficient (Wildman–Crippen LogP) is 3.75. The third kappa shape index (κ3) is 2.54. The number of halogens is 4. The SMILES string of the molecule is CN1C(=O)[C@]2(N[C@H](C(F)(F)F)[C@@H](c3ccccc3)[C@@H]2C=O)c2cc(Br)ccc21. The molecule has 0 aromatic heterocycles. The zero-order chi connectivity index (χ0) is 20.3. The number of likely N-dealkylation sites (N-methyl/N-ethyl adjacent to an activating group) is 1. The minimum Gasteiger partial charge on any atom is -0.313 e. The van der Waals surface area contributed by atoms with Gasteiger partial charge in [0.25, 0.3) is 5.91 Å². The fourth-order valence-corrected chi connectivity index (χ4v) is 4.88. The van der Waals surface area contributed by atoms with Crippen molar-refractivity contribution < 1.29 is 22.8 Å². The number of nitrogens with zero attached hydrogens (tertiary/aromatic N) is 1. The molecule has 0 unspecified atom stereocenters. The lowest BCUT2D eigenvalue weighted by atomic mass is 9.73. The van der Waals surface area contributed by atoms with Crippen molar-refractivity contribution in [2.75, 3.05) is 11.9 Å². The predicted molar refractivity (Wildman–Crippen MR) is 101 cm³/mol. The zero-order valence-corrected chi connectivity index (χ0v) is 16.3. The number of fused-ring (bicyclic) bond motifs is 2. The maximum absolute atomic E-state index is 14.0. The number of carbonyl (C=O) groups is 2. The average molecular weight is 453 g/mol. The number of hydrogen-bond donors (Lipinski definition) is 1. The molecule has 4 rings (SSSR count). The van der Waals surface area contributed by atoms with Crippen LogP contribution in [0.1, 0.15) is 17.0 Å². The van der Waals surface area contributed by atoms with Gasteiger partial charge in [0.15, 0.2) is 0 Å². The van der Waals surface area contributed by atoms with Crippen molar-refractivity contribution in [3.8, 4) is 0 Å². The highest BCUT2D eigenvalue weighted by molar-refractivity contribution is 9.10. The molecule has 2 heterocycles. The zero-order valence-electron chi connectivity index (χ0n) is 14.7. The first-order chi connectivity index (χ1) is 13.2. The molecule has 0 radical (unpaired) electrons. The molecule has 1 amide bonds. The van der Waals surface area contributed by atoms with Gasteiger partial charge in [0.2, 0.25) is 0 Å². The lowest BCUT2D eigenvalue weighted by molar-refractivity contribution is -0.158. The summed E-state index contributed by atoms with van der Waals surface area (Å²) >= 11 is 3.32. The number of carbonyl (C=O) groups excluding carboxylic acids is 2. The minimum absolute atomic E-state index is 0.366. The van der Waals surface area contributed by atoms with E-state index in [1.165, 1.54) is 11.9 Å². The lowest BCUT2D eigenvalue weighted by Crippen LogP contribution is -2.54. The Morgan fingerprint density at radius 2 is 1.86 bits per heavy atom. The fourth-order valence-electron chi connectivity index (χ4n) is 4.52. The molecule has 0 saturated carbocycles. The van der Waals surface area contributed by atoms with Crippen molar-refractivity contribution in [3.63, 3.8) is 0 Å².